The third-order valence-electron chi connectivity index (χ3n) is 0.875. The van der Waals surface area contributed by atoms with E-state index in [0.29, 0.717) is 0 Å². The maximum absolute atomic E-state index is 4.97. The molecule has 1 rings (SSSR count). The number of hydrogen-bond donors (Lipinski definition) is 0. The molecule has 41 valence electrons. The molecule has 0 saturated carbocycles. The Balaban J connectivity index is 1.93. The van der Waals surface area contributed by atoms with Gasteiger partial charge in [-0.25, -0.2) is 0 Å². The number of rotatable bonds is 2. The van der Waals surface area contributed by atoms with Gasteiger partial charge in [-0.2, -0.15) is 0 Å². The topological polar surface area (TPSA) is 18.5 Å². The van der Waals surface area contributed by atoms with Crippen LogP contribution in [0, 0.1) is 6.29 Å². The maximum atomic E-state index is 4.97. The zero-order valence-electron chi connectivity index (χ0n) is 4.44. The molecule has 1 fully saturated rings. The van der Waals surface area contributed by atoms with Crippen molar-refractivity contribution >= 4 is 0 Å². The zero-order chi connectivity index (χ0) is 5.11. The van der Waals surface area contributed by atoms with E-state index < -0.39 is 0 Å². The second-order valence-corrected chi connectivity index (χ2v) is 1.40. The molecule has 7 heavy (non-hydrogen) atoms. The van der Waals surface area contributed by atoms with Crippen LogP contribution in [-0.4, -0.2) is 13.2 Å². The molecule has 1 saturated heterocycles. The summed E-state index contributed by atoms with van der Waals surface area (Å²) in [5.74, 6) is 0. The zero-order valence-corrected chi connectivity index (χ0v) is 4.44. The Morgan fingerprint density at radius 2 is 2.57 bits per heavy atom. The van der Waals surface area contributed by atoms with Gasteiger partial charge in [0.05, 0.1) is 6.61 Å². The first kappa shape index (κ1) is 5.06. The summed E-state index contributed by atoms with van der Waals surface area (Å²) < 4.78 is 9.84. The van der Waals surface area contributed by atoms with E-state index >= 15 is 0 Å². The Labute approximate surface area is 43.4 Å². The van der Waals surface area contributed by atoms with Crippen LogP contribution in [0.15, 0.2) is 0 Å². The van der Waals surface area contributed by atoms with Crippen molar-refractivity contribution in [3.05, 3.63) is 6.29 Å². The Morgan fingerprint density at radius 3 is 2.71 bits per heavy atom. The van der Waals surface area contributed by atoms with E-state index in [-0.39, 0.29) is 0 Å². The van der Waals surface area contributed by atoms with Gasteiger partial charge in [-0.05, 0) is 6.92 Å². The summed E-state index contributed by atoms with van der Waals surface area (Å²) in [4.78, 5) is 0. The van der Waals surface area contributed by atoms with Crippen LogP contribution >= 0.6 is 0 Å². The van der Waals surface area contributed by atoms with Crippen LogP contribution in [0.4, 0.5) is 0 Å². The van der Waals surface area contributed by atoms with E-state index in [1.54, 1.807) is 0 Å². The summed E-state index contributed by atoms with van der Waals surface area (Å²) in [6.45, 7) is 3.53. The average Bonchev–Trinajstić information content (AvgIpc) is 1.55. The van der Waals surface area contributed by atoms with Crippen LogP contribution in [0.1, 0.15) is 13.3 Å². The normalized spacial score (nSPS) is 21.9. The van der Waals surface area contributed by atoms with Gasteiger partial charge < -0.3 is 9.47 Å². The van der Waals surface area contributed by atoms with E-state index in [1.165, 1.54) is 0 Å². The molecule has 0 atom stereocenters. The lowest BCUT2D eigenvalue weighted by Gasteiger charge is -2.23. The summed E-state index contributed by atoms with van der Waals surface area (Å²) in [7, 11) is 0. The molecule has 0 N–H and O–H groups in total. The highest BCUT2D eigenvalue weighted by Gasteiger charge is 2.19. The molecule has 0 aromatic heterocycles. The van der Waals surface area contributed by atoms with Gasteiger partial charge >= 0.3 is 0 Å². The molecule has 1 heterocycles. The summed E-state index contributed by atoms with van der Waals surface area (Å²) >= 11 is 0. The molecular weight excluding hydrogens is 92.1 g/mol. The number of ether oxygens (including phenoxy) is 2. The van der Waals surface area contributed by atoms with Gasteiger partial charge in [-0.1, -0.05) is 0 Å². The van der Waals surface area contributed by atoms with Crippen LogP contribution < -0.4 is 0 Å². The molecule has 0 aliphatic carbocycles. The minimum absolute atomic E-state index is 0.731. The molecule has 2 nitrogen and oxygen atoms in total. The molecule has 1 radical (unpaired) electrons. The summed E-state index contributed by atoms with van der Waals surface area (Å²) in [5, 5.41) is 0. The predicted octanol–water partition coefficient (Wildman–Crippen LogP) is 0.933. The molecule has 0 bridgehead atoms. The maximum Gasteiger partial charge on any atom is 0.226 e. The van der Waals surface area contributed by atoms with Crippen molar-refractivity contribution in [3.8, 4) is 0 Å². The lowest BCUT2D eigenvalue weighted by atomic mass is 10.3. The predicted molar refractivity (Wildman–Crippen MR) is 25.4 cm³/mol. The second kappa shape index (κ2) is 2.28. The van der Waals surface area contributed by atoms with Crippen molar-refractivity contribution in [2.45, 2.75) is 13.3 Å². The molecule has 0 spiro atoms. The van der Waals surface area contributed by atoms with Gasteiger partial charge in [0, 0.05) is 13.0 Å². The summed E-state index contributed by atoms with van der Waals surface area (Å²) in [6.07, 6.45) is 1.80. The molecule has 1 aliphatic heterocycles. The van der Waals surface area contributed by atoms with Gasteiger partial charge in [0.15, 0.2) is 0 Å². The highest BCUT2D eigenvalue weighted by atomic mass is 16.7. The van der Waals surface area contributed by atoms with E-state index in [1.807, 2.05) is 6.92 Å². The largest absolute Gasteiger partial charge is 0.346 e. The molecule has 0 amide bonds. The molecular formula is C5H9O2. The van der Waals surface area contributed by atoms with Crippen LogP contribution in [0.5, 0.6) is 0 Å². The van der Waals surface area contributed by atoms with Gasteiger partial charge in [0.2, 0.25) is 6.29 Å². The van der Waals surface area contributed by atoms with Crippen molar-refractivity contribution in [3.63, 3.8) is 0 Å². The molecule has 0 aromatic carbocycles. The Bertz CT molecular complexity index is 50.0. The fraction of sp³-hybridized carbons (Fsp3) is 0.800. The fourth-order valence-corrected chi connectivity index (χ4v) is 0.460. The van der Waals surface area contributed by atoms with Crippen molar-refractivity contribution in [1.29, 1.82) is 0 Å². The first-order valence-corrected chi connectivity index (χ1v) is 2.55. The summed E-state index contributed by atoms with van der Waals surface area (Å²) in [5.41, 5.74) is 0. The van der Waals surface area contributed by atoms with E-state index in [0.717, 1.165) is 25.9 Å². The Morgan fingerprint density at radius 1 is 1.86 bits per heavy atom. The Kier molecular flexibility index (Phi) is 1.65. The first-order chi connectivity index (χ1) is 3.43. The highest BCUT2D eigenvalue weighted by Crippen LogP contribution is 2.19. The van der Waals surface area contributed by atoms with Gasteiger partial charge in [0.1, 0.15) is 0 Å². The second-order valence-electron chi connectivity index (χ2n) is 1.40. The minimum atomic E-state index is 0.731. The van der Waals surface area contributed by atoms with Gasteiger partial charge in [-0.3, -0.25) is 0 Å². The van der Waals surface area contributed by atoms with Crippen molar-refractivity contribution in [1.82, 2.24) is 0 Å². The lowest BCUT2D eigenvalue weighted by Crippen LogP contribution is -2.20. The fourth-order valence-electron chi connectivity index (χ4n) is 0.460. The SMILES string of the molecule is CCO[C]1CCO1. The van der Waals surface area contributed by atoms with Crippen LogP contribution in [0.25, 0.3) is 0 Å². The molecule has 0 unspecified atom stereocenters. The van der Waals surface area contributed by atoms with Gasteiger partial charge in [0.25, 0.3) is 0 Å². The van der Waals surface area contributed by atoms with Gasteiger partial charge in [-0.15, -0.1) is 0 Å². The summed E-state index contributed by atoms with van der Waals surface area (Å²) in [6, 6.07) is 0. The first-order valence-electron chi connectivity index (χ1n) is 2.55. The van der Waals surface area contributed by atoms with E-state index in [4.69, 9.17) is 9.47 Å². The van der Waals surface area contributed by atoms with Crippen LogP contribution in [0.2, 0.25) is 0 Å². The van der Waals surface area contributed by atoms with E-state index in [2.05, 4.69) is 0 Å². The molecule has 1 aliphatic rings. The smallest absolute Gasteiger partial charge is 0.226 e. The standard InChI is InChI=1S/C5H9O2/c1-2-6-5-3-4-7-5/h2-4H2,1H3. The third-order valence-corrected chi connectivity index (χ3v) is 0.875. The number of hydrogen-bond acceptors (Lipinski definition) is 2. The molecule has 2 heteroatoms. The van der Waals surface area contributed by atoms with Crippen molar-refractivity contribution in [2.24, 2.45) is 0 Å². The molecule has 0 aromatic rings. The minimum Gasteiger partial charge on any atom is -0.346 e. The third kappa shape index (κ3) is 1.14. The van der Waals surface area contributed by atoms with E-state index in [9.17, 15) is 0 Å². The lowest BCUT2D eigenvalue weighted by molar-refractivity contribution is -0.115. The van der Waals surface area contributed by atoms with Crippen LogP contribution in [0.3, 0.4) is 0 Å². The van der Waals surface area contributed by atoms with Crippen molar-refractivity contribution in [2.75, 3.05) is 13.2 Å². The monoisotopic (exact) mass is 101 g/mol. The Hall–Kier alpha value is -0.0800. The average molecular weight is 101 g/mol. The van der Waals surface area contributed by atoms with Crippen molar-refractivity contribution < 1.29 is 9.47 Å². The quantitative estimate of drug-likeness (QED) is 0.515. The van der Waals surface area contributed by atoms with Crippen LogP contribution in [-0.2, 0) is 9.47 Å². The highest BCUT2D eigenvalue weighted by molar-refractivity contribution is 4.73.